The number of sulfonamides is 1. The van der Waals surface area contributed by atoms with Crippen LogP contribution in [0.4, 0.5) is 0 Å². The second-order valence-corrected chi connectivity index (χ2v) is 9.60. The summed E-state index contributed by atoms with van der Waals surface area (Å²) in [5.74, 6) is 0.272. The minimum Gasteiger partial charge on any atom is -0.492 e. The van der Waals surface area contributed by atoms with Crippen molar-refractivity contribution >= 4 is 26.7 Å². The van der Waals surface area contributed by atoms with Gasteiger partial charge in [-0.25, -0.2) is 8.42 Å². The van der Waals surface area contributed by atoms with Gasteiger partial charge in [0.1, 0.15) is 12.4 Å². The maximum Gasteiger partial charge on any atom is 0.243 e. The van der Waals surface area contributed by atoms with Crippen molar-refractivity contribution in [1.29, 1.82) is 0 Å². The molecular formula is C24H26N2O4S. The van der Waals surface area contributed by atoms with Gasteiger partial charge in [0.15, 0.2) is 0 Å². The Balaban J connectivity index is 1.28. The Morgan fingerprint density at radius 3 is 2.55 bits per heavy atom. The van der Waals surface area contributed by atoms with Gasteiger partial charge in [-0.2, -0.15) is 4.31 Å². The van der Waals surface area contributed by atoms with Crippen LogP contribution in [0.25, 0.3) is 10.8 Å². The van der Waals surface area contributed by atoms with E-state index in [1.807, 2.05) is 42.5 Å². The maximum atomic E-state index is 12.8. The third kappa shape index (κ3) is 5.06. The lowest BCUT2D eigenvalue weighted by molar-refractivity contribution is -0.126. The lowest BCUT2D eigenvalue weighted by Crippen LogP contribution is -2.45. The molecule has 7 heteroatoms. The van der Waals surface area contributed by atoms with Gasteiger partial charge in [0.2, 0.25) is 15.9 Å². The number of nitrogens with zero attached hydrogens (tertiary/aromatic N) is 1. The van der Waals surface area contributed by atoms with Crippen LogP contribution in [0, 0.1) is 5.92 Å². The molecule has 4 rings (SSSR count). The standard InChI is InChI=1S/C24H26N2O4S/c27-24(25-14-16-30-22-13-12-19-7-4-5-8-20(19)17-22)21-9-6-15-26(18-21)31(28,29)23-10-2-1-3-11-23/h1-5,7-8,10-13,17,21H,6,9,14-16,18H2,(H,25,27)/t21-/m1/s1. The average molecular weight is 439 g/mol. The van der Waals surface area contributed by atoms with Crippen molar-refractivity contribution in [3.8, 4) is 5.75 Å². The molecule has 1 aliphatic heterocycles. The second-order valence-electron chi connectivity index (χ2n) is 7.66. The van der Waals surface area contributed by atoms with Crippen molar-refractivity contribution in [2.45, 2.75) is 17.7 Å². The van der Waals surface area contributed by atoms with Gasteiger partial charge in [0.05, 0.1) is 17.4 Å². The van der Waals surface area contributed by atoms with Crippen LogP contribution >= 0.6 is 0 Å². The van der Waals surface area contributed by atoms with E-state index in [0.717, 1.165) is 16.5 Å². The largest absolute Gasteiger partial charge is 0.492 e. The molecule has 0 radical (unpaired) electrons. The van der Waals surface area contributed by atoms with E-state index < -0.39 is 10.0 Å². The monoisotopic (exact) mass is 438 g/mol. The number of benzene rings is 3. The van der Waals surface area contributed by atoms with E-state index >= 15 is 0 Å². The van der Waals surface area contributed by atoms with Gasteiger partial charge in [-0.05, 0) is 47.9 Å². The predicted octanol–water partition coefficient (Wildman–Crippen LogP) is 3.44. The third-order valence-electron chi connectivity index (χ3n) is 5.53. The summed E-state index contributed by atoms with van der Waals surface area (Å²) in [6.45, 7) is 1.36. The Morgan fingerprint density at radius 2 is 1.74 bits per heavy atom. The van der Waals surface area contributed by atoms with Crippen LogP contribution < -0.4 is 10.1 Å². The molecule has 0 spiro atoms. The van der Waals surface area contributed by atoms with Crippen LogP contribution in [-0.2, 0) is 14.8 Å². The van der Waals surface area contributed by atoms with Gasteiger partial charge in [-0.1, -0.05) is 48.5 Å². The van der Waals surface area contributed by atoms with E-state index in [1.165, 1.54) is 4.31 Å². The predicted molar refractivity (Wildman–Crippen MR) is 120 cm³/mol. The van der Waals surface area contributed by atoms with Gasteiger partial charge in [-0.3, -0.25) is 4.79 Å². The number of hydrogen-bond donors (Lipinski definition) is 1. The zero-order valence-corrected chi connectivity index (χ0v) is 18.1. The van der Waals surface area contributed by atoms with Gasteiger partial charge in [0, 0.05) is 13.1 Å². The van der Waals surface area contributed by atoms with Gasteiger partial charge in [-0.15, -0.1) is 0 Å². The highest BCUT2D eigenvalue weighted by Gasteiger charge is 2.33. The number of nitrogens with one attached hydrogen (secondary N) is 1. The molecule has 3 aromatic carbocycles. The molecule has 1 amide bonds. The Bertz CT molecular complexity index is 1150. The van der Waals surface area contributed by atoms with Crippen molar-refractivity contribution in [3.63, 3.8) is 0 Å². The zero-order chi connectivity index (χ0) is 21.7. The molecule has 0 aromatic heterocycles. The smallest absolute Gasteiger partial charge is 0.243 e. The summed E-state index contributed by atoms with van der Waals surface area (Å²) in [6, 6.07) is 22.3. The molecule has 0 unspecified atom stereocenters. The first kappa shape index (κ1) is 21.3. The summed E-state index contributed by atoms with van der Waals surface area (Å²) < 4.78 is 32.9. The maximum absolute atomic E-state index is 12.8. The Hall–Kier alpha value is -2.90. The fourth-order valence-corrected chi connectivity index (χ4v) is 5.41. The average Bonchev–Trinajstić information content (AvgIpc) is 2.82. The number of piperidine rings is 1. The van der Waals surface area contributed by atoms with Crippen LogP contribution in [0.1, 0.15) is 12.8 Å². The highest BCUT2D eigenvalue weighted by atomic mass is 32.2. The van der Waals surface area contributed by atoms with E-state index in [1.54, 1.807) is 30.3 Å². The van der Waals surface area contributed by atoms with Crippen LogP contribution in [0.3, 0.4) is 0 Å². The summed E-state index contributed by atoms with van der Waals surface area (Å²) >= 11 is 0. The Kier molecular flexibility index (Phi) is 6.53. The molecule has 0 bridgehead atoms. The number of amides is 1. The van der Waals surface area contributed by atoms with E-state index in [2.05, 4.69) is 5.32 Å². The molecule has 0 aliphatic carbocycles. The zero-order valence-electron chi connectivity index (χ0n) is 17.2. The summed E-state index contributed by atoms with van der Waals surface area (Å²) in [4.78, 5) is 12.9. The minimum absolute atomic E-state index is 0.130. The quantitative estimate of drug-likeness (QED) is 0.574. The minimum atomic E-state index is -3.58. The molecule has 1 atom stereocenters. The Labute approximate surface area is 182 Å². The van der Waals surface area contributed by atoms with E-state index in [9.17, 15) is 13.2 Å². The van der Waals surface area contributed by atoms with Crippen molar-refractivity contribution in [1.82, 2.24) is 9.62 Å². The number of carbonyl (C=O) groups excluding carboxylic acids is 1. The first-order valence-corrected chi connectivity index (χ1v) is 11.9. The summed E-state index contributed by atoms with van der Waals surface area (Å²) in [5, 5.41) is 5.14. The van der Waals surface area contributed by atoms with Crippen molar-refractivity contribution < 1.29 is 17.9 Å². The van der Waals surface area contributed by atoms with Crippen molar-refractivity contribution in [2.75, 3.05) is 26.2 Å². The topological polar surface area (TPSA) is 75.7 Å². The van der Waals surface area contributed by atoms with Crippen LogP contribution in [0.5, 0.6) is 5.75 Å². The fraction of sp³-hybridized carbons (Fsp3) is 0.292. The molecule has 0 saturated carbocycles. The lowest BCUT2D eigenvalue weighted by atomic mass is 9.99. The van der Waals surface area contributed by atoms with Crippen molar-refractivity contribution in [2.24, 2.45) is 5.92 Å². The van der Waals surface area contributed by atoms with E-state index in [0.29, 0.717) is 32.5 Å². The van der Waals surface area contributed by atoms with Crippen molar-refractivity contribution in [3.05, 3.63) is 72.8 Å². The van der Waals surface area contributed by atoms with Crippen LogP contribution in [0.15, 0.2) is 77.7 Å². The lowest BCUT2D eigenvalue weighted by Gasteiger charge is -2.31. The second kappa shape index (κ2) is 9.49. The summed E-state index contributed by atoms with van der Waals surface area (Å²) in [7, 11) is -3.58. The summed E-state index contributed by atoms with van der Waals surface area (Å²) in [6.07, 6.45) is 1.34. The molecule has 3 aromatic rings. The number of hydrogen-bond acceptors (Lipinski definition) is 4. The third-order valence-corrected chi connectivity index (χ3v) is 7.41. The molecule has 6 nitrogen and oxygen atoms in total. The number of ether oxygens (including phenoxy) is 1. The molecular weight excluding hydrogens is 412 g/mol. The molecule has 162 valence electrons. The molecule has 1 saturated heterocycles. The number of rotatable bonds is 7. The first-order chi connectivity index (χ1) is 15.0. The number of fused-ring (bicyclic) bond motifs is 1. The molecule has 31 heavy (non-hydrogen) atoms. The van der Waals surface area contributed by atoms with Crippen LogP contribution in [-0.4, -0.2) is 44.9 Å². The van der Waals surface area contributed by atoms with Gasteiger partial charge >= 0.3 is 0 Å². The molecule has 1 heterocycles. The van der Waals surface area contributed by atoms with Gasteiger partial charge < -0.3 is 10.1 Å². The fourth-order valence-electron chi connectivity index (χ4n) is 3.86. The Morgan fingerprint density at radius 1 is 1.00 bits per heavy atom. The first-order valence-electron chi connectivity index (χ1n) is 10.5. The molecule has 1 aliphatic rings. The van der Waals surface area contributed by atoms with E-state index in [-0.39, 0.29) is 23.3 Å². The normalized spacial score (nSPS) is 17.4. The van der Waals surface area contributed by atoms with E-state index in [4.69, 9.17) is 4.74 Å². The van der Waals surface area contributed by atoms with Crippen LogP contribution in [0.2, 0.25) is 0 Å². The van der Waals surface area contributed by atoms with Gasteiger partial charge in [0.25, 0.3) is 0 Å². The highest BCUT2D eigenvalue weighted by Crippen LogP contribution is 2.24. The SMILES string of the molecule is O=C(NCCOc1ccc2ccccc2c1)[C@@H]1CCCN(S(=O)(=O)c2ccccc2)C1. The molecule has 1 fully saturated rings. The molecule has 1 N–H and O–H groups in total. The highest BCUT2D eigenvalue weighted by molar-refractivity contribution is 7.89. The summed E-state index contributed by atoms with van der Waals surface area (Å²) in [5.41, 5.74) is 0. The number of carbonyl (C=O) groups is 1.